The third-order valence-electron chi connectivity index (χ3n) is 2.90. The number of carbonyl (C=O) groups excluding carboxylic acids is 1. The van der Waals surface area contributed by atoms with Crippen LogP contribution in [0.2, 0.25) is 0 Å². The van der Waals surface area contributed by atoms with Crippen molar-refractivity contribution < 1.29 is 18.8 Å². The first-order valence-corrected chi connectivity index (χ1v) is 8.16. The Morgan fingerprint density at radius 1 is 1.52 bits per heavy atom. The Morgan fingerprint density at radius 2 is 2.30 bits per heavy atom. The van der Waals surface area contributed by atoms with Gasteiger partial charge in [-0.25, -0.2) is 4.98 Å². The predicted molar refractivity (Wildman–Crippen MR) is 89.7 cm³/mol. The maximum atomic E-state index is 12.4. The van der Waals surface area contributed by atoms with Crippen LogP contribution in [0.4, 0.5) is 0 Å². The molecule has 0 bridgehead atoms. The summed E-state index contributed by atoms with van der Waals surface area (Å²) in [5.41, 5.74) is -0.00941. The lowest BCUT2D eigenvalue weighted by Gasteiger charge is -2.24. The lowest BCUT2D eigenvalue weighted by atomic mass is 10.1. The van der Waals surface area contributed by atoms with Gasteiger partial charge in [0.25, 0.3) is 5.91 Å². The van der Waals surface area contributed by atoms with E-state index in [1.54, 1.807) is 24.5 Å². The van der Waals surface area contributed by atoms with E-state index in [1.807, 2.05) is 13.8 Å². The minimum absolute atomic E-state index is 0.259. The van der Waals surface area contributed by atoms with Crippen molar-refractivity contribution >= 4 is 35.0 Å². The Labute approximate surface area is 138 Å². The molecule has 1 aromatic heterocycles. The van der Waals surface area contributed by atoms with E-state index in [9.17, 15) is 4.79 Å². The molecule has 7 nitrogen and oxygen atoms in total. The van der Waals surface area contributed by atoms with Crippen molar-refractivity contribution in [1.82, 2.24) is 10.3 Å². The number of ether oxygens (including phenoxy) is 1. The van der Waals surface area contributed by atoms with E-state index in [0.717, 1.165) is 0 Å². The van der Waals surface area contributed by atoms with E-state index in [0.29, 0.717) is 16.8 Å². The molecule has 1 unspecified atom stereocenters. The molecule has 0 fully saturated rings. The zero-order valence-electron chi connectivity index (χ0n) is 13.4. The van der Waals surface area contributed by atoms with Gasteiger partial charge in [0.2, 0.25) is 5.44 Å². The van der Waals surface area contributed by atoms with Crippen LogP contribution in [0.3, 0.4) is 0 Å². The number of amides is 1. The van der Waals surface area contributed by atoms with Gasteiger partial charge in [-0.15, -0.1) is 11.8 Å². The molecule has 1 amide bonds. The largest absolute Gasteiger partial charge is 0.470 e. The van der Waals surface area contributed by atoms with Crippen LogP contribution in [-0.2, 0) is 9.63 Å². The summed E-state index contributed by atoms with van der Waals surface area (Å²) in [4.78, 5) is 21.1. The topological polar surface area (TPSA) is 86.0 Å². The summed E-state index contributed by atoms with van der Waals surface area (Å²) in [5.74, 6) is 0.287. The first kappa shape index (κ1) is 17.1. The molecule has 1 N–H and O–H groups in total. The average Bonchev–Trinajstić information content (AvgIpc) is 2.97. The maximum Gasteiger partial charge on any atom is 0.272 e. The summed E-state index contributed by atoms with van der Waals surface area (Å²) in [6, 6.07) is 5.22. The van der Waals surface area contributed by atoms with Gasteiger partial charge in [-0.1, -0.05) is 5.16 Å². The zero-order chi connectivity index (χ0) is 16.9. The van der Waals surface area contributed by atoms with E-state index in [4.69, 9.17) is 9.15 Å². The molecule has 2 rings (SSSR count). The first-order valence-electron chi connectivity index (χ1n) is 6.87. The van der Waals surface area contributed by atoms with Crippen molar-refractivity contribution in [2.24, 2.45) is 5.16 Å². The van der Waals surface area contributed by atoms with E-state index < -0.39 is 11.0 Å². The number of benzene rings is 1. The molecule has 0 aliphatic rings. The van der Waals surface area contributed by atoms with E-state index in [2.05, 4.69) is 20.3 Å². The number of carbonyl (C=O) groups is 1. The van der Waals surface area contributed by atoms with Crippen LogP contribution >= 0.6 is 11.8 Å². The van der Waals surface area contributed by atoms with Crippen LogP contribution < -0.4 is 10.1 Å². The van der Waals surface area contributed by atoms with E-state index >= 15 is 0 Å². The molecule has 0 spiro atoms. The number of oxime groups is 1. The second kappa shape index (κ2) is 7.36. The number of oxazole rings is 1. The van der Waals surface area contributed by atoms with Crippen molar-refractivity contribution in [2.75, 3.05) is 13.4 Å². The lowest BCUT2D eigenvalue weighted by molar-refractivity contribution is -0.125. The summed E-state index contributed by atoms with van der Waals surface area (Å²) in [6.45, 7) is 3.62. The first-order chi connectivity index (χ1) is 10.9. The van der Waals surface area contributed by atoms with Crippen molar-refractivity contribution in [3.05, 3.63) is 24.6 Å². The fourth-order valence-corrected chi connectivity index (χ4v) is 2.32. The lowest BCUT2D eigenvalue weighted by Crippen LogP contribution is -2.49. The van der Waals surface area contributed by atoms with Gasteiger partial charge in [0.1, 0.15) is 18.4 Å². The fourth-order valence-electron chi connectivity index (χ4n) is 1.84. The predicted octanol–water partition coefficient (Wildman–Crippen LogP) is 2.42. The summed E-state index contributed by atoms with van der Waals surface area (Å²) < 4.78 is 10.9. The van der Waals surface area contributed by atoms with Crippen molar-refractivity contribution in [2.45, 2.75) is 24.8 Å². The van der Waals surface area contributed by atoms with Crippen LogP contribution in [0.25, 0.3) is 11.1 Å². The summed E-state index contributed by atoms with van der Waals surface area (Å²) in [5, 5.41) is 6.53. The molecule has 0 aliphatic heterocycles. The van der Waals surface area contributed by atoms with Gasteiger partial charge in [-0.05, 0) is 32.2 Å². The second-order valence-corrected chi connectivity index (χ2v) is 6.19. The molecule has 2 aromatic rings. The third-order valence-corrected chi connectivity index (χ3v) is 3.64. The van der Waals surface area contributed by atoms with Gasteiger partial charge in [0.05, 0.1) is 11.8 Å². The van der Waals surface area contributed by atoms with Gasteiger partial charge in [0.15, 0.2) is 12.0 Å². The average molecular weight is 337 g/mol. The number of nitrogens with zero attached hydrogens (tertiary/aromatic N) is 2. The van der Waals surface area contributed by atoms with Crippen LogP contribution in [0.1, 0.15) is 13.8 Å². The minimum Gasteiger partial charge on any atom is -0.470 e. The van der Waals surface area contributed by atoms with Crippen LogP contribution in [-0.4, -0.2) is 41.4 Å². The Hall–Kier alpha value is -2.22. The van der Waals surface area contributed by atoms with E-state index in [1.165, 1.54) is 31.5 Å². The summed E-state index contributed by atoms with van der Waals surface area (Å²) in [7, 11) is 1.45. The molecule has 23 heavy (non-hydrogen) atoms. The molecular weight excluding hydrogens is 318 g/mol. The number of aromatic nitrogens is 1. The summed E-state index contributed by atoms with van der Waals surface area (Å²) in [6.07, 6.45) is 4.68. The molecule has 1 atom stereocenters. The second-order valence-electron chi connectivity index (χ2n) is 5.30. The molecular formula is C15H19N3O4S. The van der Waals surface area contributed by atoms with E-state index in [-0.39, 0.29) is 5.91 Å². The van der Waals surface area contributed by atoms with Gasteiger partial charge >= 0.3 is 0 Å². The molecule has 1 aromatic carbocycles. The Kier molecular flexibility index (Phi) is 5.49. The number of thioether (sulfide) groups is 1. The molecule has 8 heteroatoms. The highest BCUT2D eigenvalue weighted by Crippen LogP contribution is 2.23. The van der Waals surface area contributed by atoms with Crippen LogP contribution in [0.5, 0.6) is 5.75 Å². The standard InChI is InChI=1S/C15H19N3O4S/c1-15(2,8-17-20-3)18-13(19)14(23-4)22-10-5-6-12-11(7-10)16-9-21-12/h5-9,14H,1-4H3,(H,18,19)/b17-8+. The quantitative estimate of drug-likeness (QED) is 0.474. The number of nitrogens with one attached hydrogen (secondary N) is 1. The highest BCUT2D eigenvalue weighted by molar-refractivity contribution is 7.99. The molecule has 0 aliphatic carbocycles. The van der Waals surface area contributed by atoms with Crippen LogP contribution in [0, 0.1) is 0 Å². The van der Waals surface area contributed by atoms with Crippen molar-refractivity contribution in [1.29, 1.82) is 0 Å². The monoisotopic (exact) mass is 337 g/mol. The van der Waals surface area contributed by atoms with Crippen molar-refractivity contribution in [3.63, 3.8) is 0 Å². The zero-order valence-corrected chi connectivity index (χ0v) is 14.2. The molecule has 124 valence electrons. The number of hydrogen-bond acceptors (Lipinski definition) is 7. The molecule has 0 saturated carbocycles. The molecule has 0 saturated heterocycles. The van der Waals surface area contributed by atoms with Gasteiger partial charge < -0.3 is 19.3 Å². The number of hydrogen-bond donors (Lipinski definition) is 1. The third kappa shape index (κ3) is 4.62. The fraction of sp³-hybridized carbons (Fsp3) is 0.400. The number of rotatable bonds is 7. The Balaban J connectivity index is 2.06. The SMILES string of the molecule is CO/N=C/C(C)(C)NC(=O)C(Oc1ccc2ocnc2c1)SC. The molecule has 0 radical (unpaired) electrons. The minimum atomic E-state index is -0.699. The van der Waals surface area contributed by atoms with Gasteiger partial charge in [0, 0.05) is 6.07 Å². The summed E-state index contributed by atoms with van der Waals surface area (Å²) >= 11 is 1.29. The van der Waals surface area contributed by atoms with Gasteiger partial charge in [-0.2, -0.15) is 0 Å². The van der Waals surface area contributed by atoms with Gasteiger partial charge in [-0.3, -0.25) is 4.79 Å². The smallest absolute Gasteiger partial charge is 0.272 e. The van der Waals surface area contributed by atoms with Crippen molar-refractivity contribution in [3.8, 4) is 5.75 Å². The maximum absolute atomic E-state index is 12.4. The Morgan fingerprint density at radius 3 is 3.00 bits per heavy atom. The highest BCUT2D eigenvalue weighted by atomic mass is 32.2. The molecule has 1 heterocycles. The normalized spacial score (nSPS) is 13.2. The van der Waals surface area contributed by atoms with Crippen LogP contribution in [0.15, 0.2) is 34.2 Å². The number of fused-ring (bicyclic) bond motifs is 1. The Bertz CT molecular complexity index is 699. The highest BCUT2D eigenvalue weighted by Gasteiger charge is 2.26.